The molecule has 1 aromatic rings. The van der Waals surface area contributed by atoms with Crippen LogP contribution in [-0.2, 0) is 11.3 Å². The van der Waals surface area contributed by atoms with E-state index in [0.29, 0.717) is 6.54 Å². The number of hydrogen-bond acceptors (Lipinski definition) is 2. The first-order chi connectivity index (χ1) is 8.69. The van der Waals surface area contributed by atoms with Gasteiger partial charge < -0.3 is 10.6 Å². The van der Waals surface area contributed by atoms with Gasteiger partial charge in [-0.05, 0) is 58.2 Å². The fourth-order valence-corrected chi connectivity index (χ4v) is 1.75. The van der Waals surface area contributed by atoms with Crippen molar-refractivity contribution in [3.8, 4) is 0 Å². The maximum Gasteiger partial charge on any atom is 0.237 e. The molecule has 0 bridgehead atoms. The largest absolute Gasteiger partial charge is 0.350 e. The van der Waals surface area contributed by atoms with E-state index in [1.54, 1.807) is 0 Å². The first-order valence-electron chi connectivity index (χ1n) is 6.80. The molecule has 0 aliphatic rings. The maximum absolute atomic E-state index is 11.9. The van der Waals surface area contributed by atoms with Crippen LogP contribution in [0, 0.1) is 13.8 Å². The zero-order valence-corrected chi connectivity index (χ0v) is 12.9. The Kier molecular flexibility index (Phi) is 5.12. The van der Waals surface area contributed by atoms with Gasteiger partial charge in [0.2, 0.25) is 5.91 Å². The summed E-state index contributed by atoms with van der Waals surface area (Å²) >= 11 is 0. The lowest BCUT2D eigenvalue weighted by Crippen LogP contribution is -2.49. The standard InChI is InChI=1S/C16H26N2O/c1-11-7-8-14(9-12(11)2)10-17-13(3)15(19)18-16(4,5)6/h7-9,13,17H,10H2,1-6H3,(H,18,19). The molecule has 3 nitrogen and oxygen atoms in total. The van der Waals surface area contributed by atoms with E-state index in [4.69, 9.17) is 0 Å². The van der Waals surface area contributed by atoms with Crippen LogP contribution in [0.1, 0.15) is 44.4 Å². The minimum atomic E-state index is -0.194. The van der Waals surface area contributed by atoms with E-state index in [0.717, 1.165) is 0 Å². The highest BCUT2D eigenvalue weighted by atomic mass is 16.2. The normalized spacial score (nSPS) is 13.2. The van der Waals surface area contributed by atoms with E-state index in [9.17, 15) is 4.79 Å². The van der Waals surface area contributed by atoms with Crippen molar-refractivity contribution < 1.29 is 4.79 Å². The minimum Gasteiger partial charge on any atom is -0.350 e. The van der Waals surface area contributed by atoms with E-state index in [2.05, 4.69) is 42.7 Å². The van der Waals surface area contributed by atoms with Gasteiger partial charge in [-0.2, -0.15) is 0 Å². The second-order valence-electron chi connectivity index (χ2n) is 6.26. The third-order valence-electron chi connectivity index (χ3n) is 3.08. The molecule has 0 radical (unpaired) electrons. The van der Waals surface area contributed by atoms with Crippen molar-refractivity contribution in [2.24, 2.45) is 0 Å². The summed E-state index contributed by atoms with van der Waals surface area (Å²) in [5.41, 5.74) is 3.60. The van der Waals surface area contributed by atoms with Gasteiger partial charge >= 0.3 is 0 Å². The highest BCUT2D eigenvalue weighted by molar-refractivity contribution is 5.81. The Balaban J connectivity index is 2.52. The van der Waals surface area contributed by atoms with Crippen molar-refractivity contribution in [2.45, 2.75) is 59.7 Å². The highest BCUT2D eigenvalue weighted by Gasteiger charge is 2.18. The number of aryl methyl sites for hydroxylation is 2. The average Bonchev–Trinajstić information content (AvgIpc) is 2.28. The molecular weight excluding hydrogens is 236 g/mol. The maximum atomic E-state index is 11.9. The molecule has 1 amide bonds. The summed E-state index contributed by atoms with van der Waals surface area (Å²) in [6.45, 7) is 12.8. The van der Waals surface area contributed by atoms with Gasteiger partial charge in [0, 0.05) is 12.1 Å². The van der Waals surface area contributed by atoms with Crippen molar-refractivity contribution in [2.75, 3.05) is 0 Å². The molecule has 0 saturated carbocycles. The number of benzene rings is 1. The molecule has 1 rings (SSSR count). The number of rotatable bonds is 4. The average molecular weight is 262 g/mol. The molecule has 0 heterocycles. The zero-order chi connectivity index (χ0) is 14.6. The van der Waals surface area contributed by atoms with Gasteiger partial charge in [-0.15, -0.1) is 0 Å². The third kappa shape index (κ3) is 5.43. The smallest absolute Gasteiger partial charge is 0.237 e. The van der Waals surface area contributed by atoms with Gasteiger partial charge in [0.15, 0.2) is 0 Å². The summed E-state index contributed by atoms with van der Waals surface area (Å²) in [5, 5.41) is 6.23. The van der Waals surface area contributed by atoms with Crippen LogP contribution in [-0.4, -0.2) is 17.5 Å². The summed E-state index contributed by atoms with van der Waals surface area (Å²) in [6, 6.07) is 6.19. The Morgan fingerprint density at radius 2 is 1.84 bits per heavy atom. The Bertz CT molecular complexity index is 447. The molecule has 0 aliphatic heterocycles. The number of carbonyl (C=O) groups excluding carboxylic acids is 1. The van der Waals surface area contributed by atoms with E-state index < -0.39 is 0 Å². The second kappa shape index (κ2) is 6.20. The third-order valence-corrected chi connectivity index (χ3v) is 3.08. The van der Waals surface area contributed by atoms with Crippen LogP contribution in [0.4, 0.5) is 0 Å². The molecule has 0 saturated heterocycles. The van der Waals surface area contributed by atoms with Crippen molar-refractivity contribution in [3.63, 3.8) is 0 Å². The Labute approximate surface area is 116 Å². The lowest BCUT2D eigenvalue weighted by Gasteiger charge is -2.23. The summed E-state index contributed by atoms with van der Waals surface area (Å²) in [4.78, 5) is 11.9. The number of hydrogen-bond donors (Lipinski definition) is 2. The lowest BCUT2D eigenvalue weighted by molar-refractivity contribution is -0.124. The van der Waals surface area contributed by atoms with Crippen LogP contribution >= 0.6 is 0 Å². The predicted octanol–water partition coefficient (Wildman–Crippen LogP) is 2.70. The molecule has 2 N–H and O–H groups in total. The van der Waals surface area contributed by atoms with Crippen LogP contribution in [0.3, 0.4) is 0 Å². The monoisotopic (exact) mass is 262 g/mol. The van der Waals surface area contributed by atoms with Crippen LogP contribution in [0.25, 0.3) is 0 Å². The fourth-order valence-electron chi connectivity index (χ4n) is 1.75. The van der Waals surface area contributed by atoms with E-state index >= 15 is 0 Å². The lowest BCUT2D eigenvalue weighted by atomic mass is 10.1. The van der Waals surface area contributed by atoms with Crippen molar-refractivity contribution in [1.29, 1.82) is 0 Å². The summed E-state index contributed by atoms with van der Waals surface area (Å²) < 4.78 is 0. The summed E-state index contributed by atoms with van der Waals surface area (Å²) in [7, 11) is 0. The zero-order valence-electron chi connectivity index (χ0n) is 12.9. The Morgan fingerprint density at radius 1 is 1.21 bits per heavy atom. The first-order valence-corrected chi connectivity index (χ1v) is 6.80. The predicted molar refractivity (Wildman–Crippen MR) is 80.1 cm³/mol. The molecule has 0 aliphatic carbocycles. The van der Waals surface area contributed by atoms with Crippen LogP contribution in [0.5, 0.6) is 0 Å². The van der Waals surface area contributed by atoms with Gasteiger partial charge in [0.05, 0.1) is 6.04 Å². The van der Waals surface area contributed by atoms with Gasteiger partial charge in [-0.1, -0.05) is 18.2 Å². The molecule has 3 heteroatoms. The van der Waals surface area contributed by atoms with Crippen molar-refractivity contribution in [1.82, 2.24) is 10.6 Å². The highest BCUT2D eigenvalue weighted by Crippen LogP contribution is 2.09. The first kappa shape index (κ1) is 15.7. The quantitative estimate of drug-likeness (QED) is 0.876. The van der Waals surface area contributed by atoms with Gasteiger partial charge in [0.1, 0.15) is 0 Å². The minimum absolute atomic E-state index is 0.0383. The van der Waals surface area contributed by atoms with E-state index in [-0.39, 0.29) is 17.5 Å². The second-order valence-corrected chi connectivity index (χ2v) is 6.26. The Morgan fingerprint density at radius 3 is 2.37 bits per heavy atom. The molecule has 1 aromatic carbocycles. The Hall–Kier alpha value is -1.35. The van der Waals surface area contributed by atoms with Crippen molar-refractivity contribution in [3.05, 3.63) is 34.9 Å². The van der Waals surface area contributed by atoms with Crippen LogP contribution in [0.2, 0.25) is 0 Å². The summed E-state index contributed by atoms with van der Waals surface area (Å²) in [5.74, 6) is 0.0383. The molecule has 0 aromatic heterocycles. The molecule has 0 spiro atoms. The van der Waals surface area contributed by atoms with Gasteiger partial charge in [-0.25, -0.2) is 0 Å². The molecule has 1 unspecified atom stereocenters. The number of carbonyl (C=O) groups is 1. The SMILES string of the molecule is Cc1ccc(CNC(C)C(=O)NC(C)(C)C)cc1C. The molecular formula is C16H26N2O. The van der Waals surface area contributed by atoms with E-state index in [1.165, 1.54) is 16.7 Å². The molecule has 1 atom stereocenters. The molecule has 106 valence electrons. The van der Waals surface area contributed by atoms with Crippen LogP contribution < -0.4 is 10.6 Å². The van der Waals surface area contributed by atoms with E-state index in [1.807, 2.05) is 27.7 Å². The van der Waals surface area contributed by atoms with Crippen molar-refractivity contribution >= 4 is 5.91 Å². The topological polar surface area (TPSA) is 41.1 Å². The molecule has 19 heavy (non-hydrogen) atoms. The van der Waals surface area contributed by atoms with Crippen LogP contribution in [0.15, 0.2) is 18.2 Å². The molecule has 0 fully saturated rings. The fraction of sp³-hybridized carbons (Fsp3) is 0.562. The van der Waals surface area contributed by atoms with Gasteiger partial charge in [0.25, 0.3) is 0 Å². The summed E-state index contributed by atoms with van der Waals surface area (Å²) in [6.07, 6.45) is 0. The van der Waals surface area contributed by atoms with Gasteiger partial charge in [-0.3, -0.25) is 4.79 Å². The number of nitrogens with one attached hydrogen (secondary N) is 2. The number of amides is 1.